The van der Waals surface area contributed by atoms with Gasteiger partial charge in [-0.1, -0.05) is 23.2 Å². The molecule has 1 amide bonds. The van der Waals surface area contributed by atoms with Gasteiger partial charge in [0.15, 0.2) is 0 Å². The minimum atomic E-state index is -0.632. The number of hydrogen-bond donors (Lipinski definition) is 1. The van der Waals surface area contributed by atoms with Crippen LogP contribution in [-0.2, 0) is 0 Å². The second-order valence-corrected chi connectivity index (χ2v) is 5.63. The number of halogens is 2. The monoisotopic (exact) mass is 316 g/mol. The van der Waals surface area contributed by atoms with Gasteiger partial charge in [-0.15, -0.1) is 11.3 Å². The highest BCUT2D eigenvalue weighted by molar-refractivity contribution is 7.20. The number of hydrogen-bond acceptors (Lipinski definition) is 4. The Bertz CT molecular complexity index is 657. The molecular weight excluding hydrogens is 311 g/mol. The molecule has 1 heterocycles. The molecule has 0 aliphatic rings. The van der Waals surface area contributed by atoms with Gasteiger partial charge in [0.2, 0.25) is 0 Å². The Hall–Kier alpha value is -1.63. The third-order valence-electron chi connectivity index (χ3n) is 2.21. The maximum absolute atomic E-state index is 12.0. The second-order valence-electron chi connectivity index (χ2n) is 3.48. The lowest BCUT2D eigenvalue weighted by Gasteiger charge is -2.04. The number of benzene rings is 1. The Morgan fingerprint density at radius 3 is 2.58 bits per heavy atom. The molecule has 1 aromatic heterocycles. The predicted octanol–water partition coefficient (Wildman–Crippen LogP) is 4.22. The van der Waals surface area contributed by atoms with E-state index in [1.54, 1.807) is 12.1 Å². The van der Waals surface area contributed by atoms with E-state index in [0.717, 1.165) is 11.3 Å². The molecule has 98 valence electrons. The van der Waals surface area contributed by atoms with E-state index in [1.165, 1.54) is 18.2 Å². The summed E-state index contributed by atoms with van der Waals surface area (Å²) in [7, 11) is 0. The Kier molecular flexibility index (Phi) is 4.04. The summed E-state index contributed by atoms with van der Waals surface area (Å²) in [6, 6.07) is 7.04. The molecule has 8 heteroatoms. The lowest BCUT2D eigenvalue weighted by molar-refractivity contribution is -0.385. The van der Waals surface area contributed by atoms with Crippen molar-refractivity contribution in [3.05, 3.63) is 55.4 Å². The van der Waals surface area contributed by atoms with E-state index in [0.29, 0.717) is 9.34 Å². The lowest BCUT2D eigenvalue weighted by atomic mass is 10.1. The lowest BCUT2D eigenvalue weighted by Crippen LogP contribution is -2.13. The summed E-state index contributed by atoms with van der Waals surface area (Å²) in [5.41, 5.74) is -0.397. The number of nitro groups is 1. The number of carbonyl (C=O) groups is 1. The molecule has 0 saturated carbocycles. The van der Waals surface area contributed by atoms with Crippen LogP contribution in [0.3, 0.4) is 0 Å². The van der Waals surface area contributed by atoms with Crippen LogP contribution in [0.25, 0.3) is 0 Å². The zero-order valence-electron chi connectivity index (χ0n) is 9.22. The fraction of sp³-hybridized carbons (Fsp3) is 0. The highest BCUT2D eigenvalue weighted by Crippen LogP contribution is 2.28. The second kappa shape index (κ2) is 5.56. The molecule has 5 nitrogen and oxygen atoms in total. The number of rotatable bonds is 3. The number of thiophene rings is 1. The molecule has 1 N–H and O–H groups in total. The van der Waals surface area contributed by atoms with Crippen LogP contribution in [0, 0.1) is 10.1 Å². The maximum Gasteiger partial charge on any atom is 0.282 e. The summed E-state index contributed by atoms with van der Waals surface area (Å²) < 4.78 is 0.510. The van der Waals surface area contributed by atoms with Gasteiger partial charge in [0.05, 0.1) is 14.3 Å². The van der Waals surface area contributed by atoms with Crippen LogP contribution in [0.1, 0.15) is 10.4 Å². The molecule has 2 aromatic rings. The van der Waals surface area contributed by atoms with Crippen LogP contribution < -0.4 is 5.32 Å². The van der Waals surface area contributed by atoms with Gasteiger partial charge >= 0.3 is 0 Å². The number of carbonyl (C=O) groups excluding carboxylic acids is 1. The number of anilines is 1. The van der Waals surface area contributed by atoms with E-state index in [4.69, 9.17) is 23.2 Å². The van der Waals surface area contributed by atoms with Gasteiger partial charge in [0.25, 0.3) is 11.6 Å². The van der Waals surface area contributed by atoms with Crippen molar-refractivity contribution < 1.29 is 9.72 Å². The zero-order valence-corrected chi connectivity index (χ0v) is 11.6. The molecule has 1 aromatic carbocycles. The van der Waals surface area contributed by atoms with Crippen LogP contribution in [0.5, 0.6) is 0 Å². The van der Waals surface area contributed by atoms with Crippen molar-refractivity contribution in [3.8, 4) is 0 Å². The van der Waals surface area contributed by atoms with Crippen molar-refractivity contribution >= 4 is 51.1 Å². The minimum Gasteiger partial charge on any atom is -0.313 e. The standard InChI is InChI=1S/C11H6Cl2N2O3S/c12-6-1-2-8(15(17)18)7(5-6)11(16)14-10-4-3-9(13)19-10/h1-5H,(H,14,16). The third-order valence-corrected chi connectivity index (χ3v) is 3.59. The molecule has 0 aliphatic heterocycles. The third kappa shape index (κ3) is 3.23. The highest BCUT2D eigenvalue weighted by Gasteiger charge is 2.20. The van der Waals surface area contributed by atoms with Crippen LogP contribution >= 0.6 is 34.5 Å². The first kappa shape index (κ1) is 13.8. The molecule has 0 fully saturated rings. The Balaban J connectivity index is 2.32. The van der Waals surface area contributed by atoms with Crippen LogP contribution in [0.2, 0.25) is 9.36 Å². The van der Waals surface area contributed by atoms with Gasteiger partial charge in [0, 0.05) is 11.1 Å². The molecule has 2 rings (SSSR count). The molecule has 0 radical (unpaired) electrons. The number of amides is 1. The van der Waals surface area contributed by atoms with E-state index >= 15 is 0 Å². The summed E-state index contributed by atoms with van der Waals surface area (Å²) in [5.74, 6) is -0.604. The van der Waals surface area contributed by atoms with Crippen LogP contribution in [0.4, 0.5) is 10.7 Å². The SMILES string of the molecule is O=C(Nc1ccc(Cl)s1)c1cc(Cl)ccc1[N+](=O)[O-]. The Labute approximate surface area is 121 Å². The predicted molar refractivity (Wildman–Crippen MR) is 75.4 cm³/mol. The van der Waals surface area contributed by atoms with Gasteiger partial charge in [-0.05, 0) is 24.3 Å². The normalized spacial score (nSPS) is 10.2. The van der Waals surface area contributed by atoms with Gasteiger partial charge < -0.3 is 5.32 Å². The van der Waals surface area contributed by atoms with Crippen molar-refractivity contribution in [1.29, 1.82) is 0 Å². The first-order valence-electron chi connectivity index (χ1n) is 4.98. The van der Waals surface area contributed by atoms with Gasteiger partial charge in [-0.25, -0.2) is 0 Å². The zero-order chi connectivity index (χ0) is 14.0. The van der Waals surface area contributed by atoms with Gasteiger partial charge in [-0.2, -0.15) is 0 Å². The number of nitrogens with zero attached hydrogens (tertiary/aromatic N) is 1. The smallest absolute Gasteiger partial charge is 0.282 e. The first-order valence-corrected chi connectivity index (χ1v) is 6.55. The van der Waals surface area contributed by atoms with Gasteiger partial charge in [-0.3, -0.25) is 14.9 Å². The van der Waals surface area contributed by atoms with E-state index in [-0.39, 0.29) is 16.3 Å². The van der Waals surface area contributed by atoms with Crippen molar-refractivity contribution in [1.82, 2.24) is 0 Å². The quantitative estimate of drug-likeness (QED) is 0.680. The average Bonchev–Trinajstić information content (AvgIpc) is 2.74. The summed E-state index contributed by atoms with van der Waals surface area (Å²) in [5, 5.41) is 14.1. The highest BCUT2D eigenvalue weighted by atomic mass is 35.5. The summed E-state index contributed by atoms with van der Waals surface area (Å²) >= 11 is 12.6. The summed E-state index contributed by atoms with van der Waals surface area (Å²) in [4.78, 5) is 22.2. The van der Waals surface area contributed by atoms with Crippen molar-refractivity contribution in [3.63, 3.8) is 0 Å². The largest absolute Gasteiger partial charge is 0.313 e. The maximum atomic E-state index is 12.0. The molecule has 0 atom stereocenters. The molecular formula is C11H6Cl2N2O3S. The average molecular weight is 317 g/mol. The minimum absolute atomic E-state index is 0.0953. The number of nitrogens with one attached hydrogen (secondary N) is 1. The summed E-state index contributed by atoms with van der Waals surface area (Å²) in [6.07, 6.45) is 0. The Morgan fingerprint density at radius 2 is 2.00 bits per heavy atom. The molecule has 19 heavy (non-hydrogen) atoms. The number of nitro benzene ring substituents is 1. The van der Waals surface area contributed by atoms with Crippen molar-refractivity contribution in [2.24, 2.45) is 0 Å². The van der Waals surface area contributed by atoms with E-state index in [1.807, 2.05) is 0 Å². The van der Waals surface area contributed by atoms with Crippen LogP contribution in [-0.4, -0.2) is 10.8 Å². The van der Waals surface area contributed by atoms with E-state index < -0.39 is 10.8 Å². The van der Waals surface area contributed by atoms with Gasteiger partial charge in [0.1, 0.15) is 5.56 Å². The topological polar surface area (TPSA) is 72.2 Å². The Morgan fingerprint density at radius 1 is 1.26 bits per heavy atom. The molecule has 0 bridgehead atoms. The molecule has 0 aliphatic carbocycles. The molecule has 0 unspecified atom stereocenters. The van der Waals surface area contributed by atoms with E-state index in [2.05, 4.69) is 5.32 Å². The van der Waals surface area contributed by atoms with Crippen molar-refractivity contribution in [2.75, 3.05) is 5.32 Å². The van der Waals surface area contributed by atoms with Crippen LogP contribution in [0.15, 0.2) is 30.3 Å². The summed E-state index contributed by atoms with van der Waals surface area (Å²) in [6.45, 7) is 0. The molecule has 0 spiro atoms. The fourth-order valence-electron chi connectivity index (χ4n) is 1.41. The van der Waals surface area contributed by atoms with E-state index in [9.17, 15) is 14.9 Å². The first-order chi connectivity index (χ1) is 8.97. The van der Waals surface area contributed by atoms with Crippen molar-refractivity contribution in [2.45, 2.75) is 0 Å². The fourth-order valence-corrected chi connectivity index (χ4v) is 2.52. The molecule has 0 saturated heterocycles.